The van der Waals surface area contributed by atoms with E-state index in [-0.39, 0.29) is 5.69 Å². The van der Waals surface area contributed by atoms with Gasteiger partial charge < -0.3 is 10.1 Å². The number of rotatable bonds is 4. The molecule has 0 radical (unpaired) electrons. The highest BCUT2D eigenvalue weighted by molar-refractivity contribution is 5.49. The Balaban J connectivity index is 1.67. The molecule has 0 aliphatic carbocycles. The van der Waals surface area contributed by atoms with Gasteiger partial charge in [0.25, 0.3) is 5.69 Å². The summed E-state index contributed by atoms with van der Waals surface area (Å²) in [7, 11) is 0. The molecule has 108 valence electrons. The highest BCUT2D eigenvalue weighted by Crippen LogP contribution is 2.33. The van der Waals surface area contributed by atoms with E-state index in [1.54, 1.807) is 12.1 Å². The molecule has 0 aromatic heterocycles. The van der Waals surface area contributed by atoms with E-state index in [4.69, 9.17) is 4.74 Å². The minimum absolute atomic E-state index is 0.108. The molecule has 3 rings (SSSR count). The van der Waals surface area contributed by atoms with Crippen LogP contribution in [0.2, 0.25) is 0 Å². The first-order valence-corrected chi connectivity index (χ1v) is 6.94. The van der Waals surface area contributed by atoms with E-state index in [0.29, 0.717) is 5.92 Å². The van der Waals surface area contributed by atoms with Crippen molar-refractivity contribution < 1.29 is 9.66 Å². The van der Waals surface area contributed by atoms with E-state index in [1.165, 1.54) is 17.7 Å². The number of hydrogen-bond acceptors (Lipinski definition) is 4. The van der Waals surface area contributed by atoms with Crippen molar-refractivity contribution in [3.8, 4) is 5.75 Å². The Kier molecular flexibility index (Phi) is 3.73. The van der Waals surface area contributed by atoms with Crippen LogP contribution in [0.1, 0.15) is 17.9 Å². The molecular formula is C16H16N2O3. The molecule has 1 unspecified atom stereocenters. The van der Waals surface area contributed by atoms with Crippen molar-refractivity contribution in [2.45, 2.75) is 12.3 Å². The molecule has 0 fully saturated rings. The fourth-order valence-corrected chi connectivity index (χ4v) is 2.57. The average Bonchev–Trinajstić information content (AvgIpc) is 2.53. The summed E-state index contributed by atoms with van der Waals surface area (Å²) in [5.41, 5.74) is 2.22. The number of benzene rings is 2. The molecule has 0 spiro atoms. The van der Waals surface area contributed by atoms with Gasteiger partial charge in [0, 0.05) is 30.3 Å². The standard InChI is InChI=1S/C16H16N2O3/c19-18(20)14-7-5-13(6-8-14)17-11-12-9-10-21-16-4-2-1-3-15(12)16/h1-8,12,17H,9-11H2. The van der Waals surface area contributed by atoms with Gasteiger partial charge in [0.1, 0.15) is 5.75 Å². The van der Waals surface area contributed by atoms with Crippen LogP contribution >= 0.6 is 0 Å². The second-order valence-electron chi connectivity index (χ2n) is 5.06. The lowest BCUT2D eigenvalue weighted by Crippen LogP contribution is -2.20. The van der Waals surface area contributed by atoms with Crippen LogP contribution in [-0.4, -0.2) is 18.1 Å². The Morgan fingerprint density at radius 2 is 1.95 bits per heavy atom. The maximum atomic E-state index is 10.6. The third kappa shape index (κ3) is 2.97. The summed E-state index contributed by atoms with van der Waals surface area (Å²) < 4.78 is 5.65. The molecule has 0 amide bonds. The van der Waals surface area contributed by atoms with Crippen molar-refractivity contribution in [1.29, 1.82) is 0 Å². The summed E-state index contributed by atoms with van der Waals surface area (Å²) in [5, 5.41) is 14.0. The van der Waals surface area contributed by atoms with E-state index in [0.717, 1.165) is 31.0 Å². The predicted molar refractivity (Wildman–Crippen MR) is 80.9 cm³/mol. The Labute approximate surface area is 122 Å². The second kappa shape index (κ2) is 5.83. The van der Waals surface area contributed by atoms with Crippen LogP contribution in [0.5, 0.6) is 5.75 Å². The van der Waals surface area contributed by atoms with Gasteiger partial charge in [0.15, 0.2) is 0 Å². The number of hydrogen-bond donors (Lipinski definition) is 1. The Hall–Kier alpha value is -2.56. The molecule has 0 saturated carbocycles. The molecular weight excluding hydrogens is 268 g/mol. The Bertz CT molecular complexity index is 640. The lowest BCUT2D eigenvalue weighted by atomic mass is 9.93. The smallest absolute Gasteiger partial charge is 0.269 e. The van der Waals surface area contributed by atoms with E-state index in [1.807, 2.05) is 18.2 Å². The summed E-state index contributed by atoms with van der Waals surface area (Å²) in [6.07, 6.45) is 0.969. The maximum absolute atomic E-state index is 10.6. The molecule has 1 N–H and O–H groups in total. The normalized spacial score (nSPS) is 16.7. The van der Waals surface area contributed by atoms with Crippen LogP contribution < -0.4 is 10.1 Å². The molecule has 2 aromatic carbocycles. The number of nitrogens with zero attached hydrogens (tertiary/aromatic N) is 1. The first-order chi connectivity index (χ1) is 10.2. The van der Waals surface area contributed by atoms with Crippen molar-refractivity contribution in [2.24, 2.45) is 0 Å². The van der Waals surface area contributed by atoms with Crippen molar-refractivity contribution in [2.75, 3.05) is 18.5 Å². The molecule has 1 aliphatic heterocycles. The number of anilines is 1. The monoisotopic (exact) mass is 284 g/mol. The number of ether oxygens (including phenoxy) is 1. The van der Waals surface area contributed by atoms with Gasteiger partial charge in [-0.2, -0.15) is 0 Å². The zero-order valence-corrected chi connectivity index (χ0v) is 11.5. The number of nitro benzene ring substituents is 1. The van der Waals surface area contributed by atoms with Crippen LogP contribution in [0.15, 0.2) is 48.5 Å². The molecule has 1 aliphatic rings. The summed E-state index contributed by atoms with van der Waals surface area (Å²) in [4.78, 5) is 10.2. The van der Waals surface area contributed by atoms with Gasteiger partial charge >= 0.3 is 0 Å². The zero-order chi connectivity index (χ0) is 14.7. The molecule has 0 bridgehead atoms. The minimum atomic E-state index is -0.390. The van der Waals surface area contributed by atoms with Crippen LogP contribution in [-0.2, 0) is 0 Å². The molecule has 1 atom stereocenters. The van der Waals surface area contributed by atoms with Crippen molar-refractivity contribution in [3.63, 3.8) is 0 Å². The highest BCUT2D eigenvalue weighted by atomic mass is 16.6. The summed E-state index contributed by atoms with van der Waals surface area (Å²) in [5.74, 6) is 1.35. The van der Waals surface area contributed by atoms with E-state index in [2.05, 4.69) is 11.4 Å². The zero-order valence-electron chi connectivity index (χ0n) is 11.5. The minimum Gasteiger partial charge on any atom is -0.493 e. The van der Waals surface area contributed by atoms with Gasteiger partial charge in [0.2, 0.25) is 0 Å². The third-order valence-electron chi connectivity index (χ3n) is 3.71. The van der Waals surface area contributed by atoms with Gasteiger partial charge in [-0.3, -0.25) is 10.1 Å². The van der Waals surface area contributed by atoms with Gasteiger partial charge in [-0.15, -0.1) is 0 Å². The Morgan fingerprint density at radius 1 is 1.19 bits per heavy atom. The number of nitro groups is 1. The summed E-state index contributed by atoms with van der Waals surface area (Å²) in [6, 6.07) is 14.6. The van der Waals surface area contributed by atoms with Crippen molar-refractivity contribution in [3.05, 3.63) is 64.2 Å². The molecule has 5 nitrogen and oxygen atoms in total. The lowest BCUT2D eigenvalue weighted by Gasteiger charge is -2.26. The van der Waals surface area contributed by atoms with Crippen molar-refractivity contribution in [1.82, 2.24) is 0 Å². The van der Waals surface area contributed by atoms with E-state index >= 15 is 0 Å². The van der Waals surface area contributed by atoms with Gasteiger partial charge in [0.05, 0.1) is 11.5 Å². The third-order valence-corrected chi connectivity index (χ3v) is 3.71. The van der Waals surface area contributed by atoms with E-state index in [9.17, 15) is 10.1 Å². The number of fused-ring (bicyclic) bond motifs is 1. The molecule has 1 heterocycles. The Morgan fingerprint density at radius 3 is 2.71 bits per heavy atom. The van der Waals surface area contributed by atoms with Gasteiger partial charge in [-0.05, 0) is 30.2 Å². The lowest BCUT2D eigenvalue weighted by molar-refractivity contribution is -0.384. The van der Waals surface area contributed by atoms with E-state index < -0.39 is 4.92 Å². The SMILES string of the molecule is O=[N+]([O-])c1ccc(NCC2CCOc3ccccc32)cc1. The van der Waals surface area contributed by atoms with Crippen LogP contribution in [0, 0.1) is 10.1 Å². The number of non-ortho nitro benzene ring substituents is 1. The topological polar surface area (TPSA) is 64.4 Å². The molecule has 2 aromatic rings. The van der Waals surface area contributed by atoms with Gasteiger partial charge in [-0.25, -0.2) is 0 Å². The molecule has 0 saturated heterocycles. The molecule has 5 heteroatoms. The first kappa shape index (κ1) is 13.4. The first-order valence-electron chi connectivity index (χ1n) is 6.94. The largest absolute Gasteiger partial charge is 0.493 e. The molecule has 21 heavy (non-hydrogen) atoms. The second-order valence-corrected chi connectivity index (χ2v) is 5.06. The highest BCUT2D eigenvalue weighted by Gasteiger charge is 2.20. The number of para-hydroxylation sites is 1. The van der Waals surface area contributed by atoms with Crippen molar-refractivity contribution >= 4 is 11.4 Å². The summed E-state index contributed by atoms with van der Waals surface area (Å²) in [6.45, 7) is 1.52. The fourth-order valence-electron chi connectivity index (χ4n) is 2.57. The number of nitrogens with one attached hydrogen (secondary N) is 1. The summed E-state index contributed by atoms with van der Waals surface area (Å²) >= 11 is 0. The van der Waals surface area contributed by atoms with Crippen LogP contribution in [0.4, 0.5) is 11.4 Å². The maximum Gasteiger partial charge on any atom is 0.269 e. The van der Waals surface area contributed by atoms with Gasteiger partial charge in [-0.1, -0.05) is 18.2 Å². The quantitative estimate of drug-likeness (QED) is 0.688. The van der Waals surface area contributed by atoms with Crippen LogP contribution in [0.25, 0.3) is 0 Å². The predicted octanol–water partition coefficient (Wildman–Crippen LogP) is 3.57. The average molecular weight is 284 g/mol. The van der Waals surface area contributed by atoms with Crippen LogP contribution in [0.3, 0.4) is 0 Å². The fraction of sp³-hybridized carbons (Fsp3) is 0.250.